The van der Waals surface area contributed by atoms with Gasteiger partial charge in [0.1, 0.15) is 17.7 Å². The molecule has 2 atom stereocenters. The van der Waals surface area contributed by atoms with Gasteiger partial charge in [0.2, 0.25) is 0 Å². The Morgan fingerprint density at radius 2 is 1.71 bits per heavy atom. The van der Waals surface area contributed by atoms with Crippen LogP contribution in [0.25, 0.3) is 0 Å². The van der Waals surface area contributed by atoms with Crippen molar-refractivity contribution in [2.24, 2.45) is 4.99 Å². The number of ether oxygens (including phenoxy) is 1. The van der Waals surface area contributed by atoms with Crippen LogP contribution in [0.3, 0.4) is 0 Å². The number of methoxy groups -OCH3 is 1. The summed E-state index contributed by atoms with van der Waals surface area (Å²) in [7, 11) is 1.66. The molecule has 0 fully saturated rings. The molecule has 0 saturated heterocycles. The highest BCUT2D eigenvalue weighted by atomic mass is 79.9. The Morgan fingerprint density at radius 3 is 2.39 bits per heavy atom. The summed E-state index contributed by atoms with van der Waals surface area (Å²) < 4.78 is 6.31. The Hall–Kier alpha value is -2.63. The summed E-state index contributed by atoms with van der Waals surface area (Å²) >= 11 is 3.49. The normalized spacial score (nSPS) is 19.1. The molecule has 4 nitrogen and oxygen atoms in total. The molecular weight excluding hydrogens is 416 g/mol. The largest absolute Gasteiger partial charge is 0.508 e. The zero-order chi connectivity index (χ0) is 19.5. The maximum atomic E-state index is 10.4. The molecule has 4 rings (SSSR count). The number of benzene rings is 3. The van der Waals surface area contributed by atoms with E-state index in [1.807, 2.05) is 54.6 Å². The van der Waals surface area contributed by atoms with Gasteiger partial charge in [0, 0.05) is 28.2 Å². The first kappa shape index (κ1) is 18.7. The number of aromatic hydroxyl groups is 1. The molecule has 0 amide bonds. The van der Waals surface area contributed by atoms with Crippen LogP contribution < -0.4 is 10.1 Å². The van der Waals surface area contributed by atoms with Crippen molar-refractivity contribution < 1.29 is 9.84 Å². The van der Waals surface area contributed by atoms with Crippen LogP contribution in [0.4, 0.5) is 0 Å². The number of phenolic OH excluding ortho intramolecular Hbond substituents is 1. The molecule has 0 radical (unpaired) electrons. The molecule has 0 aliphatic carbocycles. The Balaban J connectivity index is 1.73. The molecule has 5 heteroatoms. The lowest BCUT2D eigenvalue weighted by atomic mass is 9.93. The highest BCUT2D eigenvalue weighted by molar-refractivity contribution is 9.10. The summed E-state index contributed by atoms with van der Waals surface area (Å²) in [5, 5.41) is 14.0. The molecule has 3 aromatic rings. The molecule has 1 aliphatic rings. The lowest BCUT2D eigenvalue weighted by Gasteiger charge is -2.31. The number of nitrogens with one attached hydrogen (secondary N) is 1. The monoisotopic (exact) mass is 436 g/mol. The van der Waals surface area contributed by atoms with Crippen LogP contribution in [0.5, 0.6) is 11.5 Å². The summed E-state index contributed by atoms with van der Waals surface area (Å²) in [4.78, 5) is 4.98. The summed E-state index contributed by atoms with van der Waals surface area (Å²) in [6.45, 7) is 0. The molecule has 0 aromatic heterocycles. The van der Waals surface area contributed by atoms with E-state index >= 15 is 0 Å². The standard InChI is InChI=1S/C23H21BrN2O2/c1-28-18-12-8-15(9-13-18)20-14-21(19-4-2-3-5-22(19)27)26-23(25-20)16-6-10-17(24)11-7-16/h2-13,21,23,26-27H,14H2,1H3. The van der Waals surface area contributed by atoms with Crippen molar-refractivity contribution in [3.8, 4) is 11.5 Å². The third-order valence-corrected chi connectivity index (χ3v) is 5.49. The third kappa shape index (κ3) is 3.96. The van der Waals surface area contributed by atoms with E-state index in [9.17, 15) is 5.11 Å². The van der Waals surface area contributed by atoms with E-state index in [-0.39, 0.29) is 12.2 Å². The maximum absolute atomic E-state index is 10.4. The van der Waals surface area contributed by atoms with Gasteiger partial charge in [-0.05, 0) is 53.6 Å². The number of hydrogen-bond donors (Lipinski definition) is 2. The van der Waals surface area contributed by atoms with Crippen LogP contribution in [-0.2, 0) is 0 Å². The van der Waals surface area contributed by atoms with Gasteiger partial charge in [0.15, 0.2) is 0 Å². The molecule has 0 saturated carbocycles. The molecule has 2 unspecified atom stereocenters. The maximum Gasteiger partial charge on any atom is 0.126 e. The van der Waals surface area contributed by atoms with Gasteiger partial charge < -0.3 is 9.84 Å². The van der Waals surface area contributed by atoms with Gasteiger partial charge in [-0.2, -0.15) is 0 Å². The first-order chi connectivity index (χ1) is 13.6. The quantitative estimate of drug-likeness (QED) is 0.576. The first-order valence-corrected chi connectivity index (χ1v) is 9.94. The van der Waals surface area contributed by atoms with Crippen LogP contribution in [0.15, 0.2) is 82.3 Å². The van der Waals surface area contributed by atoms with E-state index in [4.69, 9.17) is 9.73 Å². The molecule has 1 aliphatic heterocycles. The predicted octanol–water partition coefficient (Wildman–Crippen LogP) is 5.39. The number of halogens is 1. The fourth-order valence-electron chi connectivity index (χ4n) is 3.46. The van der Waals surface area contributed by atoms with E-state index in [0.717, 1.165) is 32.6 Å². The number of hydrogen-bond acceptors (Lipinski definition) is 4. The van der Waals surface area contributed by atoms with E-state index in [1.165, 1.54) is 0 Å². The average molecular weight is 437 g/mol. The predicted molar refractivity (Wildman–Crippen MR) is 115 cm³/mol. The smallest absolute Gasteiger partial charge is 0.126 e. The van der Waals surface area contributed by atoms with E-state index in [0.29, 0.717) is 12.2 Å². The highest BCUT2D eigenvalue weighted by Gasteiger charge is 2.27. The van der Waals surface area contributed by atoms with Crippen molar-refractivity contribution in [2.45, 2.75) is 18.6 Å². The number of para-hydroxylation sites is 1. The minimum atomic E-state index is -0.191. The fraction of sp³-hybridized carbons (Fsp3) is 0.174. The lowest BCUT2D eigenvalue weighted by molar-refractivity contribution is 0.412. The van der Waals surface area contributed by atoms with Crippen LogP contribution >= 0.6 is 15.9 Å². The SMILES string of the molecule is COc1ccc(C2=NC(c3ccc(Br)cc3)NC(c3ccccc3O)C2)cc1. The number of aliphatic imine (C=N–C) groups is 1. The minimum Gasteiger partial charge on any atom is -0.508 e. The molecule has 0 bridgehead atoms. The second kappa shape index (κ2) is 8.17. The number of nitrogens with zero attached hydrogens (tertiary/aromatic N) is 1. The zero-order valence-corrected chi connectivity index (χ0v) is 17.1. The summed E-state index contributed by atoms with van der Waals surface area (Å²) in [5.74, 6) is 1.12. The molecule has 2 N–H and O–H groups in total. The van der Waals surface area contributed by atoms with Crippen LogP contribution in [0.1, 0.15) is 35.3 Å². The van der Waals surface area contributed by atoms with Crippen molar-refractivity contribution in [1.29, 1.82) is 0 Å². The van der Waals surface area contributed by atoms with Gasteiger partial charge >= 0.3 is 0 Å². The topological polar surface area (TPSA) is 53.8 Å². The van der Waals surface area contributed by atoms with Crippen LogP contribution in [0, 0.1) is 0 Å². The Bertz CT molecular complexity index is 984. The lowest BCUT2D eigenvalue weighted by Crippen LogP contribution is -2.33. The van der Waals surface area contributed by atoms with Gasteiger partial charge in [-0.1, -0.05) is 46.3 Å². The Kier molecular flexibility index (Phi) is 5.46. The minimum absolute atomic E-state index is 0.0375. The summed E-state index contributed by atoms with van der Waals surface area (Å²) in [6, 6.07) is 23.6. The second-order valence-corrected chi connectivity index (χ2v) is 7.66. The van der Waals surface area contributed by atoms with E-state index in [2.05, 4.69) is 33.4 Å². The molecule has 1 heterocycles. The fourth-order valence-corrected chi connectivity index (χ4v) is 3.73. The average Bonchev–Trinajstić information content (AvgIpc) is 2.74. The number of rotatable bonds is 4. The molecule has 142 valence electrons. The van der Waals surface area contributed by atoms with E-state index in [1.54, 1.807) is 13.2 Å². The van der Waals surface area contributed by atoms with Crippen molar-refractivity contribution in [3.05, 3.63) is 94.0 Å². The van der Waals surface area contributed by atoms with Crippen molar-refractivity contribution >= 4 is 21.6 Å². The van der Waals surface area contributed by atoms with Gasteiger partial charge in [-0.25, -0.2) is 0 Å². The third-order valence-electron chi connectivity index (χ3n) is 4.96. The van der Waals surface area contributed by atoms with Gasteiger partial charge in [0.05, 0.1) is 7.11 Å². The molecule has 3 aromatic carbocycles. The molecule has 28 heavy (non-hydrogen) atoms. The van der Waals surface area contributed by atoms with Crippen molar-refractivity contribution in [3.63, 3.8) is 0 Å². The Morgan fingerprint density at radius 1 is 1.00 bits per heavy atom. The molecular formula is C23H21BrN2O2. The van der Waals surface area contributed by atoms with Gasteiger partial charge in [-0.15, -0.1) is 0 Å². The summed E-state index contributed by atoms with van der Waals surface area (Å²) in [5.41, 5.74) is 4.02. The van der Waals surface area contributed by atoms with Crippen molar-refractivity contribution in [1.82, 2.24) is 5.32 Å². The van der Waals surface area contributed by atoms with Crippen LogP contribution in [0.2, 0.25) is 0 Å². The first-order valence-electron chi connectivity index (χ1n) is 9.14. The number of phenols is 1. The van der Waals surface area contributed by atoms with Gasteiger partial charge in [0.25, 0.3) is 0 Å². The van der Waals surface area contributed by atoms with E-state index < -0.39 is 0 Å². The highest BCUT2D eigenvalue weighted by Crippen LogP contribution is 2.34. The zero-order valence-electron chi connectivity index (χ0n) is 15.5. The van der Waals surface area contributed by atoms with Crippen LogP contribution in [-0.4, -0.2) is 17.9 Å². The van der Waals surface area contributed by atoms with Gasteiger partial charge in [-0.3, -0.25) is 10.3 Å². The Labute approximate surface area is 173 Å². The molecule has 0 spiro atoms. The van der Waals surface area contributed by atoms with Crippen molar-refractivity contribution in [2.75, 3.05) is 7.11 Å². The summed E-state index contributed by atoms with van der Waals surface area (Å²) in [6.07, 6.45) is 0.500. The second-order valence-electron chi connectivity index (χ2n) is 6.74.